The van der Waals surface area contributed by atoms with Gasteiger partial charge in [0, 0.05) is 5.56 Å². The number of carbonyl (C=O) groups excluding carboxylic acids is 1. The molecule has 2 aliphatic rings. The van der Waals surface area contributed by atoms with Gasteiger partial charge in [-0.05, 0) is 37.8 Å². The second kappa shape index (κ2) is 3.45. The minimum atomic E-state index is -0.401. The van der Waals surface area contributed by atoms with E-state index in [-0.39, 0.29) is 5.97 Å². The van der Waals surface area contributed by atoms with Crippen molar-refractivity contribution in [2.45, 2.75) is 37.7 Å². The maximum atomic E-state index is 11.7. The molecule has 3 rings (SSSR count). The summed E-state index contributed by atoms with van der Waals surface area (Å²) in [6.07, 6.45) is 5.25. The van der Waals surface area contributed by atoms with E-state index in [9.17, 15) is 4.79 Å². The highest BCUT2D eigenvalue weighted by Crippen LogP contribution is 2.46. The molecule has 0 radical (unpaired) electrons. The molecule has 1 spiro atoms. The Bertz CT molecular complexity index is 452. The number of halogens is 1. The second-order valence-electron chi connectivity index (χ2n) is 4.47. The number of fused-ring (bicyclic) bond motifs is 2. The quantitative estimate of drug-likeness (QED) is 0.514. The van der Waals surface area contributed by atoms with Crippen LogP contribution in [-0.2, 0) is 10.3 Å². The van der Waals surface area contributed by atoms with Crippen molar-refractivity contribution in [3.63, 3.8) is 0 Å². The number of hydrogen-bond acceptors (Lipinski definition) is 3. The van der Waals surface area contributed by atoms with Crippen molar-refractivity contribution in [1.82, 2.24) is 4.98 Å². The van der Waals surface area contributed by atoms with Crippen LogP contribution in [0.3, 0.4) is 0 Å². The predicted octanol–water partition coefficient (Wildman–Crippen LogP) is 3.06. The van der Waals surface area contributed by atoms with Gasteiger partial charge in [0.1, 0.15) is 10.8 Å². The highest BCUT2D eigenvalue weighted by atomic mass is 35.5. The normalized spacial score (nSPS) is 21.9. The summed E-state index contributed by atoms with van der Waals surface area (Å²) in [6.45, 7) is 0. The maximum Gasteiger partial charge on any atom is 0.358 e. The van der Waals surface area contributed by atoms with Gasteiger partial charge in [-0.25, -0.2) is 9.78 Å². The summed E-state index contributed by atoms with van der Waals surface area (Å²) in [5.74, 6) is -0.320. The third-order valence-electron chi connectivity index (χ3n) is 3.49. The molecule has 1 fully saturated rings. The monoisotopic (exact) mass is 237 g/mol. The van der Waals surface area contributed by atoms with E-state index in [2.05, 4.69) is 4.98 Å². The zero-order valence-electron chi connectivity index (χ0n) is 8.83. The Hall–Kier alpha value is -1.09. The Labute approximate surface area is 98.8 Å². The van der Waals surface area contributed by atoms with Crippen molar-refractivity contribution in [3.05, 3.63) is 28.5 Å². The van der Waals surface area contributed by atoms with E-state index in [0.717, 1.165) is 31.2 Å². The topological polar surface area (TPSA) is 39.2 Å². The average Bonchev–Trinajstić information content (AvgIpc) is 2.53. The molecule has 1 aromatic heterocycles. The Kier molecular flexibility index (Phi) is 2.18. The molecule has 1 aliphatic carbocycles. The first-order chi connectivity index (χ1) is 7.71. The van der Waals surface area contributed by atoms with Crippen LogP contribution in [0.5, 0.6) is 0 Å². The van der Waals surface area contributed by atoms with Gasteiger partial charge in [0.05, 0.1) is 0 Å². The zero-order valence-corrected chi connectivity index (χ0v) is 9.59. The van der Waals surface area contributed by atoms with Gasteiger partial charge < -0.3 is 4.74 Å². The average molecular weight is 238 g/mol. The molecule has 0 amide bonds. The van der Waals surface area contributed by atoms with Crippen LogP contribution >= 0.6 is 11.6 Å². The van der Waals surface area contributed by atoms with Crippen LogP contribution in [0.15, 0.2) is 12.1 Å². The van der Waals surface area contributed by atoms with Crippen LogP contribution in [0.25, 0.3) is 0 Å². The molecule has 4 heteroatoms. The predicted molar refractivity (Wildman–Crippen MR) is 59.4 cm³/mol. The molecule has 0 aromatic carbocycles. The maximum absolute atomic E-state index is 11.7. The molecule has 1 saturated carbocycles. The van der Waals surface area contributed by atoms with Gasteiger partial charge >= 0.3 is 5.97 Å². The van der Waals surface area contributed by atoms with Gasteiger partial charge in [-0.2, -0.15) is 0 Å². The fourth-order valence-electron chi connectivity index (χ4n) is 2.73. The third kappa shape index (κ3) is 1.34. The van der Waals surface area contributed by atoms with Crippen molar-refractivity contribution < 1.29 is 9.53 Å². The van der Waals surface area contributed by atoms with Crippen LogP contribution < -0.4 is 0 Å². The number of esters is 1. The van der Waals surface area contributed by atoms with Gasteiger partial charge in [0.2, 0.25) is 0 Å². The van der Waals surface area contributed by atoms with Crippen LogP contribution in [0, 0.1) is 0 Å². The minimum absolute atomic E-state index is 0.320. The van der Waals surface area contributed by atoms with Gasteiger partial charge in [0.25, 0.3) is 0 Å². The van der Waals surface area contributed by atoms with Gasteiger partial charge in [0.15, 0.2) is 5.69 Å². The number of nitrogens with zero attached hydrogens (tertiary/aromatic N) is 1. The number of aromatic nitrogens is 1. The van der Waals surface area contributed by atoms with Gasteiger partial charge in [-0.3, -0.25) is 0 Å². The summed E-state index contributed by atoms with van der Waals surface area (Å²) in [6, 6.07) is 3.62. The van der Waals surface area contributed by atoms with E-state index in [1.165, 1.54) is 6.42 Å². The lowest BCUT2D eigenvalue weighted by molar-refractivity contribution is -0.0281. The van der Waals surface area contributed by atoms with Gasteiger partial charge in [-0.15, -0.1) is 0 Å². The molecule has 0 atom stereocenters. The number of rotatable bonds is 0. The lowest BCUT2D eigenvalue weighted by atomic mass is 9.80. The molecular weight excluding hydrogens is 226 g/mol. The summed E-state index contributed by atoms with van der Waals surface area (Å²) < 4.78 is 5.56. The molecule has 0 bridgehead atoms. The van der Waals surface area contributed by atoms with Crippen LogP contribution in [-0.4, -0.2) is 11.0 Å². The van der Waals surface area contributed by atoms with Crippen molar-refractivity contribution in [1.29, 1.82) is 0 Å². The minimum Gasteiger partial charge on any atom is -0.449 e. The van der Waals surface area contributed by atoms with Crippen molar-refractivity contribution in [2.75, 3.05) is 0 Å². The van der Waals surface area contributed by atoms with Crippen LogP contribution in [0.2, 0.25) is 5.15 Å². The Morgan fingerprint density at radius 3 is 2.75 bits per heavy atom. The summed E-state index contributed by atoms with van der Waals surface area (Å²) in [5, 5.41) is 0.351. The zero-order chi connectivity index (χ0) is 11.2. The number of ether oxygens (including phenoxy) is 1. The molecule has 1 aliphatic heterocycles. The molecule has 3 nitrogen and oxygen atoms in total. The van der Waals surface area contributed by atoms with Gasteiger partial charge in [-0.1, -0.05) is 18.0 Å². The summed E-state index contributed by atoms with van der Waals surface area (Å²) >= 11 is 5.80. The highest BCUT2D eigenvalue weighted by Gasteiger charge is 2.46. The van der Waals surface area contributed by atoms with Crippen LogP contribution in [0.1, 0.15) is 48.2 Å². The Morgan fingerprint density at radius 1 is 1.25 bits per heavy atom. The fraction of sp³-hybridized carbons (Fsp3) is 0.500. The SMILES string of the molecule is O=C1OC2(CCCCC2)c2ccc(Cl)nc21. The first-order valence-electron chi connectivity index (χ1n) is 5.62. The summed E-state index contributed by atoms with van der Waals surface area (Å²) in [7, 11) is 0. The molecule has 0 N–H and O–H groups in total. The molecule has 1 aromatic rings. The molecule has 16 heavy (non-hydrogen) atoms. The van der Waals surface area contributed by atoms with Crippen LogP contribution in [0.4, 0.5) is 0 Å². The first kappa shape index (κ1) is 10.1. The largest absolute Gasteiger partial charge is 0.449 e. The van der Waals surface area contributed by atoms with E-state index in [1.807, 2.05) is 6.07 Å². The second-order valence-corrected chi connectivity index (χ2v) is 4.86. The molecule has 0 unspecified atom stereocenters. The number of hydrogen-bond donors (Lipinski definition) is 0. The highest BCUT2D eigenvalue weighted by molar-refractivity contribution is 6.29. The number of carbonyl (C=O) groups is 1. The molecular formula is C12H12ClNO2. The lowest BCUT2D eigenvalue weighted by Crippen LogP contribution is -2.28. The van der Waals surface area contributed by atoms with E-state index >= 15 is 0 Å². The lowest BCUT2D eigenvalue weighted by Gasteiger charge is -2.32. The summed E-state index contributed by atoms with van der Waals surface area (Å²) in [4.78, 5) is 15.8. The summed E-state index contributed by atoms with van der Waals surface area (Å²) in [5.41, 5.74) is 0.943. The fourth-order valence-corrected chi connectivity index (χ4v) is 2.88. The Balaban J connectivity index is 2.11. The van der Waals surface area contributed by atoms with Crippen molar-refractivity contribution in [2.24, 2.45) is 0 Å². The molecule has 2 heterocycles. The van der Waals surface area contributed by atoms with E-state index in [1.54, 1.807) is 6.07 Å². The smallest absolute Gasteiger partial charge is 0.358 e. The molecule has 84 valence electrons. The van der Waals surface area contributed by atoms with E-state index in [0.29, 0.717) is 10.8 Å². The van der Waals surface area contributed by atoms with E-state index in [4.69, 9.17) is 16.3 Å². The third-order valence-corrected chi connectivity index (χ3v) is 3.71. The van der Waals surface area contributed by atoms with E-state index < -0.39 is 5.60 Å². The van der Waals surface area contributed by atoms with Crippen molar-refractivity contribution in [3.8, 4) is 0 Å². The first-order valence-corrected chi connectivity index (χ1v) is 5.99. The number of pyridine rings is 1. The van der Waals surface area contributed by atoms with Crippen molar-refractivity contribution >= 4 is 17.6 Å². The molecule has 0 saturated heterocycles. The standard InChI is InChI=1S/C12H12ClNO2/c13-9-5-4-8-10(14-9)11(15)16-12(8)6-2-1-3-7-12/h4-5H,1-3,6-7H2. The Morgan fingerprint density at radius 2 is 2.00 bits per heavy atom.